The number of amides is 1. The van der Waals surface area contributed by atoms with Crippen molar-refractivity contribution in [3.8, 4) is 0 Å². The molecule has 0 radical (unpaired) electrons. The van der Waals surface area contributed by atoms with E-state index in [0.29, 0.717) is 19.6 Å². The lowest BCUT2D eigenvalue weighted by molar-refractivity contribution is -0.137. The maximum atomic E-state index is 12.7. The first-order valence-electron chi connectivity index (χ1n) is 7.90. The summed E-state index contributed by atoms with van der Waals surface area (Å²) in [5, 5.41) is 0. The number of benzene rings is 1. The second kappa shape index (κ2) is 6.97. The SMILES string of the molecule is CN(C)C/C=C/C(=O)N1CCC(C)(c2ccc(C(F)(F)F)cc2)C1. The summed E-state index contributed by atoms with van der Waals surface area (Å²) in [6, 6.07) is 5.28. The van der Waals surface area contributed by atoms with Crippen LogP contribution in [-0.2, 0) is 16.4 Å². The van der Waals surface area contributed by atoms with Gasteiger partial charge in [-0.15, -0.1) is 0 Å². The van der Waals surface area contributed by atoms with E-state index in [1.54, 1.807) is 11.0 Å². The van der Waals surface area contributed by atoms with Crippen LogP contribution in [-0.4, -0.2) is 49.4 Å². The van der Waals surface area contributed by atoms with Gasteiger partial charge in [-0.2, -0.15) is 13.2 Å². The smallest absolute Gasteiger partial charge is 0.338 e. The molecule has 1 saturated heterocycles. The Morgan fingerprint density at radius 1 is 1.29 bits per heavy atom. The van der Waals surface area contributed by atoms with Gasteiger partial charge in [0.2, 0.25) is 5.91 Å². The van der Waals surface area contributed by atoms with Crippen molar-refractivity contribution in [2.45, 2.75) is 24.9 Å². The first-order chi connectivity index (χ1) is 11.1. The van der Waals surface area contributed by atoms with Gasteiger partial charge in [-0.1, -0.05) is 25.1 Å². The number of nitrogens with zero attached hydrogens (tertiary/aromatic N) is 2. The summed E-state index contributed by atoms with van der Waals surface area (Å²) in [6.45, 7) is 3.81. The highest BCUT2D eigenvalue weighted by atomic mass is 19.4. The van der Waals surface area contributed by atoms with Crippen LogP contribution in [0.15, 0.2) is 36.4 Å². The summed E-state index contributed by atoms with van der Waals surface area (Å²) in [4.78, 5) is 15.9. The van der Waals surface area contributed by atoms with E-state index >= 15 is 0 Å². The molecule has 1 unspecified atom stereocenters. The minimum atomic E-state index is -4.33. The van der Waals surface area contributed by atoms with Gasteiger partial charge >= 0.3 is 6.18 Å². The number of carbonyl (C=O) groups excluding carboxylic acids is 1. The maximum absolute atomic E-state index is 12.7. The highest BCUT2D eigenvalue weighted by Gasteiger charge is 2.37. The lowest BCUT2D eigenvalue weighted by Gasteiger charge is -2.25. The molecule has 132 valence electrons. The second-order valence-corrected chi connectivity index (χ2v) is 6.81. The monoisotopic (exact) mass is 340 g/mol. The van der Waals surface area contributed by atoms with Crippen molar-refractivity contribution in [2.75, 3.05) is 33.7 Å². The van der Waals surface area contributed by atoms with Crippen LogP contribution in [0.2, 0.25) is 0 Å². The molecule has 1 aromatic rings. The number of hydrogen-bond donors (Lipinski definition) is 0. The molecule has 0 aromatic heterocycles. The van der Waals surface area contributed by atoms with Crippen LogP contribution < -0.4 is 0 Å². The molecule has 1 heterocycles. The summed E-state index contributed by atoms with van der Waals surface area (Å²) in [6.07, 6.45) is -0.200. The largest absolute Gasteiger partial charge is 0.416 e. The van der Waals surface area contributed by atoms with Crippen LogP contribution in [0.25, 0.3) is 0 Å². The van der Waals surface area contributed by atoms with Crippen LogP contribution in [0.4, 0.5) is 13.2 Å². The third-order valence-electron chi connectivity index (χ3n) is 4.43. The van der Waals surface area contributed by atoms with E-state index in [1.165, 1.54) is 12.1 Å². The van der Waals surface area contributed by atoms with E-state index in [4.69, 9.17) is 0 Å². The van der Waals surface area contributed by atoms with Crippen molar-refractivity contribution in [2.24, 2.45) is 0 Å². The number of carbonyl (C=O) groups is 1. The van der Waals surface area contributed by atoms with Crippen LogP contribution in [0.3, 0.4) is 0 Å². The quantitative estimate of drug-likeness (QED) is 0.785. The molecule has 1 aromatic carbocycles. The topological polar surface area (TPSA) is 23.6 Å². The van der Waals surface area contributed by atoms with E-state index in [1.807, 2.05) is 32.0 Å². The number of rotatable bonds is 4. The Kier molecular flexibility index (Phi) is 5.38. The molecule has 1 aliphatic heterocycles. The molecule has 1 amide bonds. The van der Waals surface area contributed by atoms with Crippen molar-refractivity contribution in [1.29, 1.82) is 0 Å². The van der Waals surface area contributed by atoms with Crippen LogP contribution in [0, 0.1) is 0 Å². The zero-order chi connectivity index (χ0) is 18.0. The Labute approximate surface area is 140 Å². The molecular weight excluding hydrogens is 317 g/mol. The van der Waals surface area contributed by atoms with E-state index in [9.17, 15) is 18.0 Å². The van der Waals surface area contributed by atoms with Crippen molar-refractivity contribution < 1.29 is 18.0 Å². The van der Waals surface area contributed by atoms with Crippen LogP contribution in [0.5, 0.6) is 0 Å². The van der Waals surface area contributed by atoms with Gasteiger partial charge in [0.15, 0.2) is 0 Å². The molecular formula is C18H23F3N2O. The Hall–Kier alpha value is -1.82. The normalized spacial score (nSPS) is 21.9. The van der Waals surface area contributed by atoms with Crippen molar-refractivity contribution in [3.05, 3.63) is 47.5 Å². The van der Waals surface area contributed by atoms with E-state index < -0.39 is 11.7 Å². The predicted octanol–water partition coefficient (Wildman–Crippen LogP) is 3.31. The Morgan fingerprint density at radius 2 is 1.92 bits per heavy atom. The average molecular weight is 340 g/mol. The fourth-order valence-electron chi connectivity index (χ4n) is 2.92. The van der Waals surface area contributed by atoms with Gasteiger partial charge in [0, 0.05) is 31.1 Å². The summed E-state index contributed by atoms with van der Waals surface area (Å²) < 4.78 is 38.0. The van der Waals surface area contributed by atoms with Crippen molar-refractivity contribution >= 4 is 5.91 Å². The number of likely N-dealkylation sites (tertiary alicyclic amines) is 1. The third kappa shape index (κ3) is 4.38. The lowest BCUT2D eigenvalue weighted by Crippen LogP contribution is -2.32. The molecule has 1 fully saturated rings. The minimum Gasteiger partial charge on any atom is -0.338 e. The average Bonchev–Trinajstić information content (AvgIpc) is 2.90. The fourth-order valence-corrected chi connectivity index (χ4v) is 2.92. The summed E-state index contributed by atoms with van der Waals surface area (Å²) in [7, 11) is 3.85. The maximum Gasteiger partial charge on any atom is 0.416 e. The highest BCUT2D eigenvalue weighted by molar-refractivity contribution is 5.88. The van der Waals surface area contributed by atoms with Crippen molar-refractivity contribution in [3.63, 3.8) is 0 Å². The number of alkyl halides is 3. The molecule has 2 rings (SSSR count). The second-order valence-electron chi connectivity index (χ2n) is 6.81. The molecule has 0 aliphatic carbocycles. The standard InChI is InChI=1S/C18H23F3N2O/c1-17(14-6-8-15(9-7-14)18(19,20)21)10-12-23(13-17)16(24)5-4-11-22(2)3/h4-9H,10-13H2,1-3H3/b5-4+. The van der Waals surface area contributed by atoms with Crippen molar-refractivity contribution in [1.82, 2.24) is 9.80 Å². The molecule has 0 spiro atoms. The zero-order valence-corrected chi connectivity index (χ0v) is 14.2. The van der Waals surface area contributed by atoms with Gasteiger partial charge in [0.1, 0.15) is 0 Å². The Balaban J connectivity index is 2.05. The van der Waals surface area contributed by atoms with Crippen LogP contribution in [0.1, 0.15) is 24.5 Å². The molecule has 0 N–H and O–H groups in total. The number of halogens is 3. The summed E-state index contributed by atoms with van der Waals surface area (Å²) >= 11 is 0. The van der Waals surface area contributed by atoms with Gasteiger partial charge in [-0.25, -0.2) is 0 Å². The Morgan fingerprint density at radius 3 is 2.46 bits per heavy atom. The number of hydrogen-bond acceptors (Lipinski definition) is 2. The van der Waals surface area contributed by atoms with Gasteiger partial charge in [0.05, 0.1) is 5.56 Å². The van der Waals surface area contributed by atoms with Gasteiger partial charge < -0.3 is 9.80 Å². The molecule has 6 heteroatoms. The molecule has 1 aliphatic rings. The van der Waals surface area contributed by atoms with E-state index in [0.717, 1.165) is 24.1 Å². The Bertz CT molecular complexity index is 608. The molecule has 3 nitrogen and oxygen atoms in total. The first-order valence-corrected chi connectivity index (χ1v) is 7.90. The van der Waals surface area contributed by atoms with E-state index in [-0.39, 0.29) is 11.3 Å². The summed E-state index contributed by atoms with van der Waals surface area (Å²) in [5.74, 6) is -0.0486. The fraction of sp³-hybridized carbons (Fsp3) is 0.500. The molecule has 24 heavy (non-hydrogen) atoms. The minimum absolute atomic E-state index is 0.0486. The lowest BCUT2D eigenvalue weighted by atomic mass is 9.81. The number of likely N-dealkylation sites (N-methyl/N-ethyl adjacent to an activating group) is 1. The third-order valence-corrected chi connectivity index (χ3v) is 4.43. The van der Waals surface area contributed by atoms with E-state index in [2.05, 4.69) is 0 Å². The molecule has 0 saturated carbocycles. The summed E-state index contributed by atoms with van der Waals surface area (Å²) in [5.41, 5.74) is -0.120. The van der Waals surface area contributed by atoms with Crippen LogP contribution >= 0.6 is 0 Å². The molecule has 0 bridgehead atoms. The zero-order valence-electron chi connectivity index (χ0n) is 14.2. The predicted molar refractivity (Wildman–Crippen MR) is 87.7 cm³/mol. The van der Waals surface area contributed by atoms with Gasteiger partial charge in [0.25, 0.3) is 0 Å². The van der Waals surface area contributed by atoms with Gasteiger partial charge in [-0.3, -0.25) is 4.79 Å². The highest BCUT2D eigenvalue weighted by Crippen LogP contribution is 2.36. The first kappa shape index (κ1) is 18.5. The molecule has 1 atom stereocenters. The van der Waals surface area contributed by atoms with Gasteiger partial charge in [-0.05, 0) is 38.2 Å².